The number of aryl methyl sites for hydroxylation is 1. The van der Waals surface area contributed by atoms with Crippen molar-refractivity contribution in [1.82, 2.24) is 9.66 Å². The minimum Gasteiger partial charge on any atom is -0.489 e. The van der Waals surface area contributed by atoms with E-state index in [1.54, 1.807) is 12.3 Å². The summed E-state index contributed by atoms with van der Waals surface area (Å²) in [6.07, 6.45) is 4.37. The van der Waals surface area contributed by atoms with Crippen LogP contribution >= 0.6 is 61.1 Å². The van der Waals surface area contributed by atoms with E-state index in [0.717, 1.165) is 35.8 Å². The Morgan fingerprint density at radius 3 is 2.57 bits per heavy atom. The van der Waals surface area contributed by atoms with Gasteiger partial charge in [0, 0.05) is 10.9 Å². The molecule has 30 heavy (non-hydrogen) atoms. The molecule has 0 saturated carbocycles. The number of hydrogen-bond donors (Lipinski definition) is 0. The predicted octanol–water partition coefficient (Wildman–Crippen LogP) is 6.38. The third kappa shape index (κ3) is 5.42. The van der Waals surface area contributed by atoms with Gasteiger partial charge in [-0.2, -0.15) is 9.78 Å². The van der Waals surface area contributed by atoms with E-state index < -0.39 is 0 Å². The Labute approximate surface area is 211 Å². The van der Waals surface area contributed by atoms with Gasteiger partial charge < -0.3 is 4.74 Å². The molecule has 1 aromatic heterocycles. The molecule has 0 saturated heterocycles. The smallest absolute Gasteiger partial charge is 0.282 e. The van der Waals surface area contributed by atoms with Crippen LogP contribution in [0.5, 0.6) is 5.75 Å². The van der Waals surface area contributed by atoms with Crippen LogP contribution in [0, 0.1) is 7.14 Å². The highest BCUT2D eigenvalue weighted by atomic mass is 127. The lowest BCUT2D eigenvalue weighted by Crippen LogP contribution is -2.22. The first-order valence-electron chi connectivity index (χ1n) is 9.75. The van der Waals surface area contributed by atoms with Crippen molar-refractivity contribution in [2.75, 3.05) is 0 Å². The molecule has 0 bridgehead atoms. The first-order chi connectivity index (χ1) is 14.3. The summed E-state index contributed by atoms with van der Waals surface area (Å²) in [6.45, 7) is 6.23. The van der Waals surface area contributed by atoms with E-state index in [0.29, 0.717) is 23.1 Å². The summed E-state index contributed by atoms with van der Waals surface area (Å²) in [5.41, 5.74) is 1.43. The molecule has 158 valence electrons. The van der Waals surface area contributed by atoms with E-state index >= 15 is 0 Å². The van der Waals surface area contributed by atoms with Gasteiger partial charge in [0.25, 0.3) is 5.56 Å². The fourth-order valence-corrected chi connectivity index (χ4v) is 5.31. The van der Waals surface area contributed by atoms with Crippen molar-refractivity contribution < 1.29 is 4.74 Å². The van der Waals surface area contributed by atoms with Crippen LogP contribution in [0.1, 0.15) is 45.0 Å². The average molecular weight is 694 g/mol. The number of benzene rings is 2. The molecule has 0 aliphatic carbocycles. The van der Waals surface area contributed by atoms with Crippen molar-refractivity contribution >= 4 is 78.2 Å². The van der Waals surface area contributed by atoms with Gasteiger partial charge in [-0.1, -0.05) is 29.8 Å². The van der Waals surface area contributed by atoms with Gasteiger partial charge in [0.15, 0.2) is 0 Å². The number of hydrogen-bond acceptors (Lipinski definition) is 4. The SMILES string of the molecule is CCCc1nc2ccc(Br)cc2c(=O)n1N=Cc1cc(I)c(O[C@@H](C)CC)c(I)c1. The zero-order chi connectivity index (χ0) is 21.8. The summed E-state index contributed by atoms with van der Waals surface area (Å²) in [5.74, 6) is 1.55. The number of aromatic nitrogens is 2. The van der Waals surface area contributed by atoms with E-state index in [1.807, 2.05) is 24.3 Å². The molecule has 0 aliphatic heterocycles. The summed E-state index contributed by atoms with van der Waals surface area (Å²) < 4.78 is 10.3. The Kier molecular flexibility index (Phi) is 8.31. The summed E-state index contributed by atoms with van der Waals surface area (Å²) >= 11 is 7.99. The number of halogens is 3. The Morgan fingerprint density at radius 2 is 1.93 bits per heavy atom. The van der Waals surface area contributed by atoms with Gasteiger partial charge in [0.1, 0.15) is 11.6 Å². The molecule has 0 spiro atoms. The minimum atomic E-state index is -0.165. The standard InChI is InChI=1S/C22H22BrI2N3O2/c1-4-6-20-27-19-8-7-15(23)11-16(19)22(29)28(20)26-12-14-9-17(24)21(18(25)10-14)30-13(3)5-2/h7-13H,4-6H2,1-3H3/t13-/m0/s1. The lowest BCUT2D eigenvalue weighted by atomic mass is 10.2. The summed E-state index contributed by atoms with van der Waals surface area (Å²) in [6, 6.07) is 9.57. The van der Waals surface area contributed by atoms with Gasteiger partial charge >= 0.3 is 0 Å². The largest absolute Gasteiger partial charge is 0.489 e. The average Bonchev–Trinajstić information content (AvgIpc) is 2.71. The van der Waals surface area contributed by atoms with Crippen molar-refractivity contribution in [2.24, 2.45) is 5.10 Å². The van der Waals surface area contributed by atoms with Crippen LogP contribution in [0.25, 0.3) is 10.9 Å². The third-order valence-corrected chi connectivity index (χ3v) is 6.68. The van der Waals surface area contributed by atoms with Crippen LogP contribution in [0.2, 0.25) is 0 Å². The zero-order valence-corrected chi connectivity index (χ0v) is 22.9. The molecule has 3 rings (SSSR count). The zero-order valence-electron chi connectivity index (χ0n) is 17.0. The molecule has 1 atom stereocenters. The molecule has 0 N–H and O–H groups in total. The lowest BCUT2D eigenvalue weighted by Gasteiger charge is -2.16. The molecule has 5 nitrogen and oxygen atoms in total. The van der Waals surface area contributed by atoms with Gasteiger partial charge in [0.2, 0.25) is 0 Å². The van der Waals surface area contributed by atoms with Crippen molar-refractivity contribution in [1.29, 1.82) is 0 Å². The fraction of sp³-hybridized carbons (Fsp3) is 0.318. The van der Waals surface area contributed by atoms with E-state index in [4.69, 9.17) is 4.74 Å². The lowest BCUT2D eigenvalue weighted by molar-refractivity contribution is 0.214. The maximum Gasteiger partial charge on any atom is 0.282 e. The predicted molar refractivity (Wildman–Crippen MR) is 143 cm³/mol. The highest BCUT2D eigenvalue weighted by molar-refractivity contribution is 14.1. The van der Waals surface area contributed by atoms with E-state index in [2.05, 4.69) is 92.0 Å². The van der Waals surface area contributed by atoms with Crippen LogP contribution in [-0.4, -0.2) is 22.0 Å². The molecule has 0 amide bonds. The second-order valence-corrected chi connectivity index (χ2v) is 10.2. The van der Waals surface area contributed by atoms with Crippen LogP contribution < -0.4 is 10.3 Å². The van der Waals surface area contributed by atoms with Crippen molar-refractivity contribution in [3.63, 3.8) is 0 Å². The monoisotopic (exact) mass is 693 g/mol. The number of ether oxygens (including phenoxy) is 1. The van der Waals surface area contributed by atoms with E-state index in [-0.39, 0.29) is 11.7 Å². The summed E-state index contributed by atoms with van der Waals surface area (Å²) in [4.78, 5) is 17.8. The highest BCUT2D eigenvalue weighted by Gasteiger charge is 2.13. The number of nitrogens with zero attached hydrogens (tertiary/aromatic N) is 3. The molecule has 0 fully saturated rings. The summed E-state index contributed by atoms with van der Waals surface area (Å²) in [5, 5.41) is 5.06. The summed E-state index contributed by atoms with van der Waals surface area (Å²) in [7, 11) is 0. The molecule has 0 aliphatic rings. The molecule has 0 radical (unpaired) electrons. The van der Waals surface area contributed by atoms with Crippen LogP contribution in [0.4, 0.5) is 0 Å². The van der Waals surface area contributed by atoms with Gasteiger partial charge in [-0.15, -0.1) is 0 Å². The number of rotatable bonds is 7. The highest BCUT2D eigenvalue weighted by Crippen LogP contribution is 2.30. The first kappa shape index (κ1) is 23.6. The Morgan fingerprint density at radius 1 is 1.23 bits per heavy atom. The molecule has 3 aromatic rings. The normalized spacial score (nSPS) is 12.6. The van der Waals surface area contributed by atoms with Crippen LogP contribution in [-0.2, 0) is 6.42 Å². The Hall–Kier alpha value is -1.01. The Balaban J connectivity index is 2.04. The quantitative estimate of drug-likeness (QED) is 0.213. The molecular formula is C22H22BrI2N3O2. The van der Waals surface area contributed by atoms with Gasteiger partial charge in [-0.3, -0.25) is 4.79 Å². The molecule has 2 aromatic carbocycles. The van der Waals surface area contributed by atoms with Crippen molar-refractivity contribution in [3.8, 4) is 5.75 Å². The Bertz CT molecular complexity index is 1140. The minimum absolute atomic E-state index is 0.157. The van der Waals surface area contributed by atoms with E-state index in [1.165, 1.54) is 4.68 Å². The van der Waals surface area contributed by atoms with E-state index in [9.17, 15) is 4.79 Å². The maximum absolute atomic E-state index is 13.1. The van der Waals surface area contributed by atoms with Gasteiger partial charge in [-0.05, 0) is 101 Å². The maximum atomic E-state index is 13.1. The van der Waals surface area contributed by atoms with Crippen molar-refractivity contribution in [2.45, 2.75) is 46.1 Å². The molecular weight excluding hydrogens is 672 g/mol. The van der Waals surface area contributed by atoms with Gasteiger partial charge in [-0.25, -0.2) is 4.98 Å². The number of fused-ring (bicyclic) bond motifs is 1. The van der Waals surface area contributed by atoms with Crippen LogP contribution in [0.15, 0.2) is 44.7 Å². The third-order valence-electron chi connectivity index (χ3n) is 4.59. The second kappa shape index (κ2) is 10.5. The molecule has 8 heteroatoms. The fourth-order valence-electron chi connectivity index (χ4n) is 2.87. The second-order valence-electron chi connectivity index (χ2n) is 6.95. The van der Waals surface area contributed by atoms with Crippen molar-refractivity contribution in [3.05, 3.63) is 63.7 Å². The van der Waals surface area contributed by atoms with Crippen LogP contribution in [0.3, 0.4) is 0 Å². The molecule has 1 heterocycles. The molecule has 0 unspecified atom stereocenters. The van der Waals surface area contributed by atoms with Gasteiger partial charge in [0.05, 0.1) is 30.4 Å². The topological polar surface area (TPSA) is 56.5 Å². The first-order valence-corrected chi connectivity index (χ1v) is 12.7.